The number of methoxy groups -OCH3 is 1. The van der Waals surface area contributed by atoms with Crippen molar-refractivity contribution in [1.29, 1.82) is 0 Å². The zero-order chi connectivity index (χ0) is 21.7. The van der Waals surface area contributed by atoms with Gasteiger partial charge in [-0.1, -0.05) is 42.5 Å². The second-order valence-electron chi connectivity index (χ2n) is 7.89. The fraction of sp³-hybridized carbons (Fsp3) is 0.417. The molecule has 1 amide bonds. The molecule has 160 valence electrons. The van der Waals surface area contributed by atoms with Crippen LogP contribution < -0.4 is 10.1 Å². The van der Waals surface area contributed by atoms with Gasteiger partial charge in [0, 0.05) is 30.5 Å². The number of ether oxygens (including phenoxy) is 1. The van der Waals surface area contributed by atoms with Gasteiger partial charge in [0.1, 0.15) is 0 Å². The molecule has 1 aromatic heterocycles. The molecule has 4 nitrogen and oxygen atoms in total. The highest BCUT2D eigenvalue weighted by molar-refractivity contribution is 5.79. The van der Waals surface area contributed by atoms with Crippen LogP contribution in [0.15, 0.2) is 48.5 Å². The standard InChI is InChI=1S/C16H20N2O2.C8H8F2/c1-10(9-12-5-8-15(19)17-12)14-7-6-13(11-3-4-11)16(18-14)20-2;1-8(9,10)7-5-3-2-4-6-7/h6-7,9,11-12H,3-5,8H2,1-2H3,(H,17,19);2-6H,1H3/b10-9+;/t12-;/m1./s1. The second-order valence-corrected chi connectivity index (χ2v) is 7.89. The Bertz CT molecular complexity index is 903. The van der Waals surface area contributed by atoms with Crippen LogP contribution in [0.1, 0.15) is 62.3 Å². The van der Waals surface area contributed by atoms with Gasteiger partial charge in [-0.2, -0.15) is 0 Å². The van der Waals surface area contributed by atoms with Gasteiger partial charge >= 0.3 is 0 Å². The number of benzene rings is 1. The van der Waals surface area contributed by atoms with E-state index in [1.807, 2.05) is 6.92 Å². The Morgan fingerprint density at radius 3 is 2.37 bits per heavy atom. The molecule has 2 aliphatic rings. The van der Waals surface area contributed by atoms with Crippen LogP contribution in [0.3, 0.4) is 0 Å². The average Bonchev–Trinajstić information content (AvgIpc) is 3.50. The predicted octanol–water partition coefficient (Wildman–Crippen LogP) is 5.45. The van der Waals surface area contributed by atoms with E-state index in [2.05, 4.69) is 28.5 Å². The molecule has 30 heavy (non-hydrogen) atoms. The van der Waals surface area contributed by atoms with Gasteiger partial charge in [0.05, 0.1) is 12.8 Å². The highest BCUT2D eigenvalue weighted by Crippen LogP contribution is 2.43. The lowest BCUT2D eigenvalue weighted by atomic mass is 10.1. The molecule has 2 fully saturated rings. The van der Waals surface area contributed by atoms with Gasteiger partial charge in [-0.3, -0.25) is 4.79 Å². The van der Waals surface area contributed by atoms with Crippen molar-refractivity contribution >= 4 is 11.5 Å². The first-order valence-electron chi connectivity index (χ1n) is 10.2. The predicted molar refractivity (Wildman–Crippen MR) is 114 cm³/mol. The van der Waals surface area contributed by atoms with E-state index < -0.39 is 5.92 Å². The van der Waals surface area contributed by atoms with Crippen molar-refractivity contribution in [1.82, 2.24) is 10.3 Å². The van der Waals surface area contributed by atoms with Gasteiger partial charge in [-0.25, -0.2) is 13.8 Å². The molecule has 1 aliphatic heterocycles. The number of nitrogens with zero attached hydrogens (tertiary/aromatic N) is 1. The third-order valence-electron chi connectivity index (χ3n) is 5.26. The van der Waals surface area contributed by atoms with Crippen molar-refractivity contribution < 1.29 is 18.3 Å². The molecule has 0 bridgehead atoms. The molecule has 1 N–H and O–H groups in total. The summed E-state index contributed by atoms with van der Waals surface area (Å²) >= 11 is 0. The summed E-state index contributed by atoms with van der Waals surface area (Å²) in [5.41, 5.74) is 3.29. The smallest absolute Gasteiger partial charge is 0.270 e. The molecule has 1 aliphatic carbocycles. The number of carbonyl (C=O) groups excluding carboxylic acids is 1. The van der Waals surface area contributed by atoms with Crippen LogP contribution in [0.5, 0.6) is 5.88 Å². The van der Waals surface area contributed by atoms with Crippen molar-refractivity contribution in [2.75, 3.05) is 7.11 Å². The van der Waals surface area contributed by atoms with Crippen LogP contribution in [-0.4, -0.2) is 24.0 Å². The minimum Gasteiger partial charge on any atom is -0.481 e. The van der Waals surface area contributed by atoms with Crippen LogP contribution in [0.2, 0.25) is 0 Å². The van der Waals surface area contributed by atoms with Crippen molar-refractivity contribution in [2.24, 2.45) is 0 Å². The van der Waals surface area contributed by atoms with Gasteiger partial charge in [-0.05, 0) is 43.7 Å². The normalized spacial score (nSPS) is 19.0. The molecule has 0 spiro atoms. The number of amides is 1. The topological polar surface area (TPSA) is 51.2 Å². The molecule has 1 saturated carbocycles. The molecule has 4 rings (SSSR count). The number of alkyl halides is 2. The Labute approximate surface area is 176 Å². The number of carbonyl (C=O) groups is 1. The average molecular weight is 414 g/mol. The molecule has 1 atom stereocenters. The first kappa shape index (κ1) is 21.9. The van der Waals surface area contributed by atoms with Gasteiger partial charge in [0.2, 0.25) is 11.8 Å². The van der Waals surface area contributed by atoms with E-state index in [-0.39, 0.29) is 17.5 Å². The van der Waals surface area contributed by atoms with E-state index in [1.54, 1.807) is 25.3 Å². The lowest BCUT2D eigenvalue weighted by Gasteiger charge is -2.11. The Morgan fingerprint density at radius 2 is 1.87 bits per heavy atom. The lowest BCUT2D eigenvalue weighted by molar-refractivity contribution is -0.119. The maximum absolute atomic E-state index is 12.5. The highest BCUT2D eigenvalue weighted by Gasteiger charge is 2.28. The van der Waals surface area contributed by atoms with E-state index >= 15 is 0 Å². The Kier molecular flexibility index (Phi) is 6.85. The summed E-state index contributed by atoms with van der Waals surface area (Å²) in [4.78, 5) is 15.8. The van der Waals surface area contributed by atoms with E-state index in [0.717, 1.165) is 30.5 Å². The number of halogens is 2. The summed E-state index contributed by atoms with van der Waals surface area (Å²) in [7, 11) is 1.67. The number of nitrogens with one attached hydrogen (secondary N) is 1. The number of pyridine rings is 1. The summed E-state index contributed by atoms with van der Waals surface area (Å²) in [6.07, 6.45) is 6.05. The van der Waals surface area contributed by atoms with Crippen molar-refractivity contribution in [3.05, 3.63) is 65.4 Å². The molecule has 2 aromatic rings. The number of aromatic nitrogens is 1. The zero-order valence-corrected chi connectivity index (χ0v) is 17.6. The zero-order valence-electron chi connectivity index (χ0n) is 17.6. The molecule has 0 radical (unpaired) electrons. The minimum absolute atomic E-state index is 0.0648. The molecule has 1 saturated heterocycles. The fourth-order valence-corrected chi connectivity index (χ4v) is 3.42. The molecule has 6 heteroatoms. The number of hydrogen-bond donors (Lipinski definition) is 1. The van der Waals surface area contributed by atoms with Crippen molar-refractivity contribution in [2.45, 2.75) is 57.4 Å². The quantitative estimate of drug-likeness (QED) is 0.708. The first-order valence-corrected chi connectivity index (χ1v) is 10.2. The molecular formula is C24H28F2N2O2. The lowest BCUT2D eigenvalue weighted by Crippen LogP contribution is -2.23. The van der Waals surface area contributed by atoms with E-state index in [9.17, 15) is 13.6 Å². The highest BCUT2D eigenvalue weighted by atomic mass is 19.3. The summed E-state index contributed by atoms with van der Waals surface area (Å²) in [6.45, 7) is 2.92. The SMILES string of the molecule is CC(F)(F)c1ccccc1.COc1nc(/C(C)=C/[C@H]2CCC(=O)N2)ccc1C1CC1. The van der Waals surface area contributed by atoms with Gasteiger partial charge in [0.15, 0.2) is 0 Å². The van der Waals surface area contributed by atoms with Crippen LogP contribution in [0.4, 0.5) is 8.78 Å². The number of allylic oxidation sites excluding steroid dienone is 1. The largest absolute Gasteiger partial charge is 0.481 e. The fourth-order valence-electron chi connectivity index (χ4n) is 3.42. The third kappa shape index (κ3) is 5.88. The number of hydrogen-bond acceptors (Lipinski definition) is 3. The second kappa shape index (κ2) is 9.37. The molecule has 2 heterocycles. The summed E-state index contributed by atoms with van der Waals surface area (Å²) in [6, 6.07) is 12.1. The monoisotopic (exact) mass is 414 g/mol. The van der Waals surface area contributed by atoms with E-state index in [4.69, 9.17) is 4.74 Å². The minimum atomic E-state index is -2.71. The van der Waals surface area contributed by atoms with Gasteiger partial charge in [0.25, 0.3) is 5.92 Å². The maximum atomic E-state index is 12.5. The van der Waals surface area contributed by atoms with Crippen molar-refractivity contribution in [3.63, 3.8) is 0 Å². The third-order valence-corrected chi connectivity index (χ3v) is 5.26. The summed E-state index contributed by atoms with van der Waals surface area (Å²) in [5, 5.41) is 2.95. The Hall–Kier alpha value is -2.76. The van der Waals surface area contributed by atoms with Crippen LogP contribution in [0.25, 0.3) is 5.57 Å². The van der Waals surface area contributed by atoms with Crippen molar-refractivity contribution in [3.8, 4) is 5.88 Å². The summed E-state index contributed by atoms with van der Waals surface area (Å²) < 4.78 is 30.3. The maximum Gasteiger partial charge on any atom is 0.270 e. The molecule has 0 unspecified atom stereocenters. The Balaban J connectivity index is 0.000000216. The van der Waals surface area contributed by atoms with Gasteiger partial charge < -0.3 is 10.1 Å². The first-order chi connectivity index (χ1) is 14.3. The summed E-state index contributed by atoms with van der Waals surface area (Å²) in [5.74, 6) is -1.20. The van der Waals surface area contributed by atoms with E-state index in [0.29, 0.717) is 12.3 Å². The van der Waals surface area contributed by atoms with Crippen LogP contribution in [-0.2, 0) is 10.7 Å². The van der Waals surface area contributed by atoms with Crippen LogP contribution >= 0.6 is 0 Å². The molecule has 1 aromatic carbocycles. The molecular weight excluding hydrogens is 386 g/mol. The Morgan fingerprint density at radius 1 is 1.17 bits per heavy atom. The number of rotatable bonds is 5. The van der Waals surface area contributed by atoms with Gasteiger partial charge in [-0.15, -0.1) is 0 Å². The van der Waals surface area contributed by atoms with Crippen LogP contribution in [0, 0.1) is 0 Å². The van der Waals surface area contributed by atoms with E-state index in [1.165, 1.54) is 30.5 Å².